The van der Waals surface area contributed by atoms with Crippen LogP contribution in [0.15, 0.2) is 18.2 Å². The van der Waals surface area contributed by atoms with Crippen LogP contribution in [0.5, 0.6) is 0 Å². The molecule has 1 aromatic carbocycles. The molecule has 0 fully saturated rings. The predicted octanol–water partition coefficient (Wildman–Crippen LogP) is 0.522. The van der Waals surface area contributed by atoms with Crippen molar-refractivity contribution in [1.29, 1.82) is 0 Å². The Morgan fingerprint density at radius 2 is 2.07 bits per heavy atom. The van der Waals surface area contributed by atoms with Gasteiger partial charge in [-0.1, -0.05) is 12.1 Å². The molecule has 0 heterocycles. The Balaban J connectivity index is 3.22. The van der Waals surface area contributed by atoms with Gasteiger partial charge in [-0.2, -0.15) is 4.39 Å². The second-order valence-electron chi connectivity index (χ2n) is 2.81. The van der Waals surface area contributed by atoms with Gasteiger partial charge in [0.15, 0.2) is 0 Å². The molecule has 0 radical (unpaired) electrons. The van der Waals surface area contributed by atoms with E-state index in [1.165, 1.54) is 6.07 Å². The number of nitrogens with zero attached hydrogens (tertiary/aromatic N) is 1. The Bertz CT molecular complexity index is 500. The first-order valence-electron chi connectivity index (χ1n) is 3.73. The minimum Gasteiger partial charge on any atom is -0.258 e. The molecule has 0 aromatic heterocycles. The highest BCUT2D eigenvalue weighted by atomic mass is 32.2. The highest BCUT2D eigenvalue weighted by Crippen LogP contribution is 2.21. The molecule has 6 nitrogen and oxygen atoms in total. The number of sulfonamides is 1. The summed E-state index contributed by atoms with van der Waals surface area (Å²) in [5, 5.41) is 15.0. The molecule has 0 atom stereocenters. The van der Waals surface area contributed by atoms with E-state index in [1.807, 2.05) is 0 Å². The van der Waals surface area contributed by atoms with Gasteiger partial charge >= 0.3 is 5.69 Å². The van der Waals surface area contributed by atoms with Crippen LogP contribution in [0.1, 0.15) is 5.56 Å². The number of hydrogen-bond donors (Lipinski definition) is 1. The van der Waals surface area contributed by atoms with Crippen molar-refractivity contribution in [2.24, 2.45) is 5.14 Å². The fourth-order valence-corrected chi connectivity index (χ4v) is 1.69. The minimum absolute atomic E-state index is 0.313. The van der Waals surface area contributed by atoms with Gasteiger partial charge in [0.1, 0.15) is 0 Å². The summed E-state index contributed by atoms with van der Waals surface area (Å²) in [4.78, 5) is 9.40. The summed E-state index contributed by atoms with van der Waals surface area (Å²) in [6.07, 6.45) is 0. The molecule has 1 aromatic rings. The summed E-state index contributed by atoms with van der Waals surface area (Å²) in [6, 6.07) is 3.27. The predicted molar refractivity (Wildman–Crippen MR) is 49.9 cm³/mol. The molecule has 0 saturated carbocycles. The highest BCUT2D eigenvalue weighted by molar-refractivity contribution is 7.88. The van der Waals surface area contributed by atoms with Crippen LogP contribution in [0.25, 0.3) is 0 Å². The number of halogens is 1. The third-order valence-electron chi connectivity index (χ3n) is 1.61. The quantitative estimate of drug-likeness (QED) is 0.608. The maximum Gasteiger partial charge on any atom is 0.305 e. The molecule has 0 saturated heterocycles. The van der Waals surface area contributed by atoms with E-state index < -0.39 is 32.2 Å². The molecule has 15 heavy (non-hydrogen) atoms. The molecule has 0 amide bonds. The van der Waals surface area contributed by atoms with Gasteiger partial charge in [-0.05, 0) is 0 Å². The van der Waals surface area contributed by atoms with Crippen LogP contribution in [-0.4, -0.2) is 13.3 Å². The van der Waals surface area contributed by atoms with E-state index in [1.54, 1.807) is 0 Å². The Morgan fingerprint density at radius 1 is 1.47 bits per heavy atom. The lowest BCUT2D eigenvalue weighted by molar-refractivity contribution is -0.387. The van der Waals surface area contributed by atoms with E-state index in [0.717, 1.165) is 12.1 Å². The molecular formula is C7H7FN2O4S. The second kappa shape index (κ2) is 3.91. The highest BCUT2D eigenvalue weighted by Gasteiger charge is 2.19. The third-order valence-corrected chi connectivity index (χ3v) is 2.33. The fourth-order valence-electron chi connectivity index (χ4n) is 1.04. The van der Waals surface area contributed by atoms with Crippen LogP contribution < -0.4 is 5.14 Å². The summed E-state index contributed by atoms with van der Waals surface area (Å²) >= 11 is 0. The van der Waals surface area contributed by atoms with E-state index in [2.05, 4.69) is 0 Å². The van der Waals surface area contributed by atoms with Gasteiger partial charge < -0.3 is 0 Å². The van der Waals surface area contributed by atoms with E-state index in [9.17, 15) is 22.9 Å². The summed E-state index contributed by atoms with van der Waals surface area (Å²) in [6.45, 7) is 0. The summed E-state index contributed by atoms with van der Waals surface area (Å²) in [5.41, 5.74) is -1.08. The number of nitro benzene ring substituents is 1. The topological polar surface area (TPSA) is 103 Å². The average Bonchev–Trinajstić information content (AvgIpc) is 2.05. The summed E-state index contributed by atoms with van der Waals surface area (Å²) < 4.78 is 34.6. The largest absolute Gasteiger partial charge is 0.305 e. The van der Waals surface area contributed by atoms with Crippen LogP contribution >= 0.6 is 0 Å². The lowest BCUT2D eigenvalue weighted by Crippen LogP contribution is -2.15. The van der Waals surface area contributed by atoms with Crippen molar-refractivity contribution in [3.8, 4) is 0 Å². The molecule has 8 heteroatoms. The van der Waals surface area contributed by atoms with Gasteiger partial charge in [-0.15, -0.1) is 0 Å². The van der Waals surface area contributed by atoms with Crippen molar-refractivity contribution >= 4 is 15.7 Å². The summed E-state index contributed by atoms with van der Waals surface area (Å²) in [5.74, 6) is -1.93. The average molecular weight is 234 g/mol. The van der Waals surface area contributed by atoms with E-state index in [-0.39, 0.29) is 5.56 Å². The Labute approximate surface area is 84.7 Å². The Hall–Kier alpha value is -1.54. The van der Waals surface area contributed by atoms with Crippen molar-refractivity contribution in [2.75, 3.05) is 0 Å². The monoisotopic (exact) mass is 234 g/mol. The van der Waals surface area contributed by atoms with Gasteiger partial charge in [0, 0.05) is 11.6 Å². The molecule has 1 rings (SSSR count). The first-order chi connectivity index (χ1) is 6.81. The number of nitrogens with two attached hydrogens (primary N) is 1. The number of hydrogen-bond acceptors (Lipinski definition) is 4. The molecule has 0 aliphatic carbocycles. The zero-order valence-corrected chi connectivity index (χ0v) is 8.20. The fraction of sp³-hybridized carbons (Fsp3) is 0.143. The molecule has 0 aliphatic rings. The molecule has 0 unspecified atom stereocenters. The smallest absolute Gasteiger partial charge is 0.258 e. The Kier molecular flexibility index (Phi) is 3.01. The van der Waals surface area contributed by atoms with Crippen molar-refractivity contribution in [3.05, 3.63) is 39.7 Å². The second-order valence-corrected chi connectivity index (χ2v) is 4.43. The van der Waals surface area contributed by atoms with Crippen molar-refractivity contribution in [2.45, 2.75) is 5.75 Å². The van der Waals surface area contributed by atoms with Crippen LogP contribution in [-0.2, 0) is 15.8 Å². The minimum atomic E-state index is -3.90. The normalized spacial score (nSPS) is 11.3. The van der Waals surface area contributed by atoms with Crippen LogP contribution in [0, 0.1) is 15.9 Å². The zero-order chi connectivity index (χ0) is 11.6. The van der Waals surface area contributed by atoms with Gasteiger partial charge in [-0.25, -0.2) is 13.6 Å². The van der Waals surface area contributed by atoms with Crippen LogP contribution in [0.3, 0.4) is 0 Å². The lowest BCUT2D eigenvalue weighted by atomic mass is 10.2. The maximum absolute atomic E-state index is 13.3. The molecular weight excluding hydrogens is 227 g/mol. The first-order valence-corrected chi connectivity index (χ1v) is 5.45. The van der Waals surface area contributed by atoms with Gasteiger partial charge in [0.25, 0.3) is 0 Å². The molecule has 0 spiro atoms. The van der Waals surface area contributed by atoms with E-state index >= 15 is 0 Å². The van der Waals surface area contributed by atoms with E-state index in [0.29, 0.717) is 0 Å². The molecule has 2 N–H and O–H groups in total. The van der Waals surface area contributed by atoms with Crippen LogP contribution in [0.2, 0.25) is 0 Å². The molecule has 0 aliphatic heterocycles. The maximum atomic E-state index is 13.3. The molecule has 0 bridgehead atoms. The van der Waals surface area contributed by atoms with Crippen LogP contribution in [0.4, 0.5) is 10.1 Å². The van der Waals surface area contributed by atoms with Crippen molar-refractivity contribution in [1.82, 2.24) is 0 Å². The van der Waals surface area contributed by atoms with E-state index in [4.69, 9.17) is 5.14 Å². The lowest BCUT2D eigenvalue weighted by Gasteiger charge is -2.01. The molecule has 82 valence electrons. The standard InChI is InChI=1S/C7H7FN2O4S/c8-7-5(4-15(9,13)14)2-1-3-6(7)10(11)12/h1-3H,4H2,(H2,9,13,14). The number of benzene rings is 1. The van der Waals surface area contributed by atoms with Gasteiger partial charge in [0.2, 0.25) is 15.8 Å². The zero-order valence-electron chi connectivity index (χ0n) is 7.38. The van der Waals surface area contributed by atoms with Crippen molar-refractivity contribution in [3.63, 3.8) is 0 Å². The first kappa shape index (κ1) is 11.5. The van der Waals surface area contributed by atoms with Gasteiger partial charge in [0.05, 0.1) is 10.7 Å². The Morgan fingerprint density at radius 3 is 2.53 bits per heavy atom. The van der Waals surface area contributed by atoms with Gasteiger partial charge in [-0.3, -0.25) is 10.1 Å². The number of nitro groups is 1. The number of primary sulfonamides is 1. The third kappa shape index (κ3) is 2.96. The SMILES string of the molecule is NS(=O)(=O)Cc1cccc([N+](=O)[O-])c1F. The number of rotatable bonds is 3. The van der Waals surface area contributed by atoms with Crippen molar-refractivity contribution < 1.29 is 17.7 Å². The summed E-state index contributed by atoms with van der Waals surface area (Å²) in [7, 11) is -3.90.